The number of aromatic carboxylic acids is 1. The molecule has 0 aliphatic carbocycles. The Morgan fingerprint density at radius 2 is 1.73 bits per heavy atom. The van der Waals surface area contributed by atoms with Gasteiger partial charge in [0.15, 0.2) is 0 Å². The van der Waals surface area contributed by atoms with Gasteiger partial charge in [0.2, 0.25) is 17.7 Å². The molecule has 1 saturated heterocycles. The Labute approximate surface area is 233 Å². The maximum absolute atomic E-state index is 13.2. The smallest absolute Gasteiger partial charge is 0.416 e. The summed E-state index contributed by atoms with van der Waals surface area (Å²) in [6.07, 6.45) is -8.82. The number of carboxylic acids is 1. The van der Waals surface area contributed by atoms with Crippen LogP contribution in [0.2, 0.25) is 0 Å². The van der Waals surface area contributed by atoms with E-state index in [1.807, 2.05) is 0 Å². The number of thiocarbonyl (C=S) groups is 1. The summed E-state index contributed by atoms with van der Waals surface area (Å²) in [7, 11) is 0. The van der Waals surface area contributed by atoms with Gasteiger partial charge in [-0.15, -0.1) is 16.4 Å². The number of carbonyl (C=O) groups is 3. The minimum absolute atomic E-state index is 0.0427. The van der Waals surface area contributed by atoms with Crippen LogP contribution in [-0.2, 0) is 21.9 Å². The number of rotatable bonds is 7. The fourth-order valence-corrected chi connectivity index (χ4v) is 5.56. The van der Waals surface area contributed by atoms with E-state index in [9.17, 15) is 40.7 Å². The molecule has 1 fully saturated rings. The fraction of sp³-hybridized carbons (Fsp3) is 0.182. The van der Waals surface area contributed by atoms with Gasteiger partial charge in [-0.3, -0.25) is 24.9 Å². The van der Waals surface area contributed by atoms with Gasteiger partial charge in [-0.05, 0) is 46.8 Å². The van der Waals surface area contributed by atoms with Crippen LogP contribution in [0.4, 0.5) is 32.3 Å². The third kappa shape index (κ3) is 6.68. The zero-order chi connectivity index (χ0) is 29.4. The van der Waals surface area contributed by atoms with Crippen LogP contribution in [0, 0.1) is 0 Å². The molecule has 18 heteroatoms. The monoisotopic (exact) mass is 621 g/mol. The van der Waals surface area contributed by atoms with Gasteiger partial charge in [-0.2, -0.15) is 31.3 Å². The van der Waals surface area contributed by atoms with E-state index in [4.69, 9.17) is 17.3 Å². The van der Waals surface area contributed by atoms with E-state index in [1.165, 1.54) is 17.5 Å². The molecule has 2 aromatic heterocycles. The number of anilines is 1. The van der Waals surface area contributed by atoms with Crippen LogP contribution in [0.3, 0.4) is 0 Å². The highest BCUT2D eigenvalue weighted by Crippen LogP contribution is 2.40. The molecule has 1 aliphatic rings. The number of hydrogen-bond acceptors (Lipinski definition) is 8. The zero-order valence-electron chi connectivity index (χ0n) is 19.4. The highest BCUT2D eigenvalue weighted by atomic mass is 32.2. The molecule has 1 aliphatic heterocycles. The number of aromatic nitrogens is 3. The molecule has 0 radical (unpaired) electrons. The second kappa shape index (κ2) is 11.0. The van der Waals surface area contributed by atoms with Crippen molar-refractivity contribution >= 4 is 69.4 Å². The third-order valence-electron chi connectivity index (χ3n) is 5.19. The van der Waals surface area contributed by atoms with Gasteiger partial charge in [-0.25, -0.2) is 4.79 Å². The summed E-state index contributed by atoms with van der Waals surface area (Å²) in [4.78, 5) is 41.0. The van der Waals surface area contributed by atoms with Gasteiger partial charge < -0.3 is 5.11 Å². The standard InChI is InChI=1S/C22H13F6N5O4S3/c23-21(24,25)11-3-9(4-12(6-11)22(26,27)28)10-5-13(39-8-10)7-14-17(35)33(20(38)40-14)2-1-15(34)29-19-30-16(18(36)37)31-32-19/h3-8H,1-2H2,(H,36,37)(H2,29,30,31,32,34)/b14-7-. The summed E-state index contributed by atoms with van der Waals surface area (Å²) in [5.74, 6) is -3.32. The number of hydrogen-bond donors (Lipinski definition) is 3. The number of benzene rings is 1. The molecule has 1 aromatic carbocycles. The number of halogens is 6. The Kier molecular flexibility index (Phi) is 8.04. The number of thioether (sulfide) groups is 1. The summed E-state index contributed by atoms with van der Waals surface area (Å²) >= 11 is 7.10. The summed E-state index contributed by atoms with van der Waals surface area (Å²) in [6, 6.07) is 2.63. The molecule has 0 unspecified atom stereocenters. The zero-order valence-corrected chi connectivity index (χ0v) is 21.8. The highest BCUT2D eigenvalue weighted by Gasteiger charge is 2.37. The number of amides is 2. The first-order chi connectivity index (χ1) is 18.6. The molecule has 2 amide bonds. The average molecular weight is 622 g/mol. The Morgan fingerprint density at radius 3 is 2.30 bits per heavy atom. The molecule has 3 heterocycles. The van der Waals surface area contributed by atoms with Gasteiger partial charge in [0.1, 0.15) is 4.32 Å². The third-order valence-corrected chi connectivity index (χ3v) is 7.45. The van der Waals surface area contributed by atoms with Crippen molar-refractivity contribution in [2.45, 2.75) is 18.8 Å². The predicted octanol–water partition coefficient (Wildman–Crippen LogP) is 5.50. The van der Waals surface area contributed by atoms with Gasteiger partial charge >= 0.3 is 18.3 Å². The highest BCUT2D eigenvalue weighted by molar-refractivity contribution is 8.26. The average Bonchev–Trinajstić information content (AvgIpc) is 3.57. The van der Waals surface area contributed by atoms with Crippen molar-refractivity contribution < 1.29 is 45.8 Å². The first-order valence-corrected chi connectivity index (χ1v) is 12.8. The van der Waals surface area contributed by atoms with Crippen molar-refractivity contribution in [3.05, 3.63) is 56.4 Å². The molecule has 0 atom stereocenters. The van der Waals surface area contributed by atoms with Crippen LogP contribution < -0.4 is 5.32 Å². The summed E-state index contributed by atoms with van der Waals surface area (Å²) in [5, 5.41) is 18.1. The van der Waals surface area contributed by atoms with Gasteiger partial charge in [-0.1, -0.05) is 24.0 Å². The normalized spacial score (nSPS) is 15.2. The summed E-state index contributed by atoms with van der Waals surface area (Å²) in [6.45, 7) is -0.135. The first-order valence-electron chi connectivity index (χ1n) is 10.7. The quantitative estimate of drug-likeness (QED) is 0.179. The molecule has 4 rings (SSSR count). The van der Waals surface area contributed by atoms with Gasteiger partial charge in [0.05, 0.1) is 16.0 Å². The molecule has 0 bridgehead atoms. The maximum atomic E-state index is 13.2. The molecule has 9 nitrogen and oxygen atoms in total. The molecule has 0 spiro atoms. The van der Waals surface area contributed by atoms with Crippen molar-refractivity contribution in [1.29, 1.82) is 0 Å². The van der Waals surface area contributed by atoms with Crippen LogP contribution in [0.15, 0.2) is 34.6 Å². The van der Waals surface area contributed by atoms with E-state index in [-0.39, 0.29) is 45.3 Å². The van der Waals surface area contributed by atoms with Crippen LogP contribution >= 0.6 is 35.3 Å². The van der Waals surface area contributed by atoms with Gasteiger partial charge in [0, 0.05) is 17.8 Å². The van der Waals surface area contributed by atoms with Crippen molar-refractivity contribution in [1.82, 2.24) is 20.1 Å². The fourth-order valence-electron chi connectivity index (χ4n) is 3.34. The number of carboxylic acid groups (broad SMARTS) is 1. The second-order valence-corrected chi connectivity index (χ2v) is 10.6. The minimum atomic E-state index is -4.99. The van der Waals surface area contributed by atoms with E-state index in [0.29, 0.717) is 17.0 Å². The van der Waals surface area contributed by atoms with E-state index in [1.54, 1.807) is 0 Å². The summed E-state index contributed by atoms with van der Waals surface area (Å²) in [5.41, 5.74) is -3.09. The number of alkyl halides is 6. The number of carbonyl (C=O) groups excluding carboxylic acids is 2. The second-order valence-electron chi connectivity index (χ2n) is 7.98. The van der Waals surface area contributed by atoms with Crippen molar-refractivity contribution in [3.63, 3.8) is 0 Å². The van der Waals surface area contributed by atoms with Crippen LogP contribution in [0.5, 0.6) is 0 Å². The molecular weight excluding hydrogens is 608 g/mol. The van der Waals surface area contributed by atoms with Gasteiger partial charge in [0.25, 0.3) is 5.91 Å². The van der Waals surface area contributed by atoms with E-state index >= 15 is 0 Å². The first kappa shape index (κ1) is 29.2. The lowest BCUT2D eigenvalue weighted by Gasteiger charge is -2.13. The number of nitrogens with zero attached hydrogens (tertiary/aromatic N) is 3. The lowest BCUT2D eigenvalue weighted by Crippen LogP contribution is -2.31. The van der Waals surface area contributed by atoms with Crippen molar-refractivity contribution in [2.24, 2.45) is 0 Å². The SMILES string of the molecule is O=C(CCN1C(=O)/C(=C/c2cc(-c3cc(C(F)(F)F)cc(C(F)(F)F)c3)cs2)SC1=S)Nc1n[nH]c(C(=O)O)n1. The Bertz CT molecular complexity index is 1510. The van der Waals surface area contributed by atoms with Crippen molar-refractivity contribution in [2.75, 3.05) is 11.9 Å². The number of H-pyrrole nitrogens is 1. The number of thiophene rings is 1. The molecule has 210 valence electrons. The Balaban J connectivity index is 1.46. The molecule has 0 saturated carbocycles. The lowest BCUT2D eigenvalue weighted by molar-refractivity contribution is -0.143. The maximum Gasteiger partial charge on any atom is 0.416 e. The van der Waals surface area contributed by atoms with E-state index in [0.717, 1.165) is 28.0 Å². The molecule has 3 N–H and O–H groups in total. The number of aromatic amines is 1. The Hall–Kier alpha value is -3.77. The van der Waals surface area contributed by atoms with Crippen LogP contribution in [0.25, 0.3) is 17.2 Å². The van der Waals surface area contributed by atoms with Crippen molar-refractivity contribution in [3.8, 4) is 11.1 Å². The van der Waals surface area contributed by atoms with E-state index in [2.05, 4.69) is 20.5 Å². The number of nitrogens with one attached hydrogen (secondary N) is 2. The molecule has 40 heavy (non-hydrogen) atoms. The van der Waals surface area contributed by atoms with Crippen LogP contribution in [-0.4, -0.2) is 53.8 Å². The molecule has 3 aromatic rings. The van der Waals surface area contributed by atoms with E-state index < -0.39 is 47.1 Å². The Morgan fingerprint density at radius 1 is 1.07 bits per heavy atom. The lowest BCUT2D eigenvalue weighted by atomic mass is 10.0. The summed E-state index contributed by atoms with van der Waals surface area (Å²) < 4.78 is 79.4. The van der Waals surface area contributed by atoms with Crippen LogP contribution in [0.1, 0.15) is 33.0 Å². The topological polar surface area (TPSA) is 128 Å². The largest absolute Gasteiger partial charge is 0.475 e. The molecular formula is C22H13F6N5O4S3. The minimum Gasteiger partial charge on any atom is -0.475 e. The predicted molar refractivity (Wildman–Crippen MR) is 136 cm³/mol.